The van der Waals surface area contributed by atoms with Crippen LogP contribution in [0.1, 0.15) is 20.9 Å². The second-order valence-corrected chi connectivity index (χ2v) is 7.83. The number of aromatic nitrogens is 1. The number of pyridine rings is 1. The maximum absolute atomic E-state index is 13.1. The predicted molar refractivity (Wildman–Crippen MR) is 110 cm³/mol. The van der Waals surface area contributed by atoms with Crippen molar-refractivity contribution in [3.05, 3.63) is 76.2 Å². The van der Waals surface area contributed by atoms with Gasteiger partial charge in [-0.05, 0) is 36.1 Å². The third-order valence-electron chi connectivity index (χ3n) is 4.99. The fourth-order valence-electron chi connectivity index (χ4n) is 3.41. The Morgan fingerprint density at radius 3 is 2.52 bits per heavy atom. The molecule has 0 bridgehead atoms. The summed E-state index contributed by atoms with van der Waals surface area (Å²) in [6.07, 6.45) is 1.83. The molecule has 0 radical (unpaired) electrons. The van der Waals surface area contributed by atoms with Gasteiger partial charge < -0.3 is 4.90 Å². The van der Waals surface area contributed by atoms with Crippen LogP contribution in [0.25, 0.3) is 11.1 Å². The van der Waals surface area contributed by atoms with Crippen molar-refractivity contribution in [2.24, 2.45) is 0 Å². The first-order valence-corrected chi connectivity index (χ1v) is 10.1. The van der Waals surface area contributed by atoms with Crippen LogP contribution in [0.3, 0.4) is 0 Å². The Labute approximate surface area is 164 Å². The van der Waals surface area contributed by atoms with E-state index in [1.54, 1.807) is 0 Å². The van der Waals surface area contributed by atoms with E-state index in [2.05, 4.69) is 53.2 Å². The Bertz CT molecular complexity index is 897. The summed E-state index contributed by atoms with van der Waals surface area (Å²) in [5, 5.41) is 2.01. The second-order valence-electron chi connectivity index (χ2n) is 6.92. The Kier molecular flexibility index (Phi) is 5.32. The molecular weight excluding hydrogens is 354 g/mol. The number of hydrogen-bond donors (Lipinski definition) is 0. The van der Waals surface area contributed by atoms with Gasteiger partial charge in [0.1, 0.15) is 0 Å². The average Bonchev–Trinajstić information content (AvgIpc) is 3.19. The lowest BCUT2D eigenvalue weighted by molar-refractivity contribution is 0.0632. The molecule has 138 valence electrons. The first kappa shape index (κ1) is 17.9. The van der Waals surface area contributed by atoms with Gasteiger partial charge in [-0.2, -0.15) is 0 Å². The van der Waals surface area contributed by atoms with Crippen molar-refractivity contribution < 1.29 is 4.79 Å². The number of carbonyl (C=O) groups is 1. The molecule has 5 heteroatoms. The number of benzene rings is 1. The fraction of sp³-hybridized carbons (Fsp3) is 0.273. The molecule has 0 atom stereocenters. The number of thiophene rings is 1. The topological polar surface area (TPSA) is 36.4 Å². The first-order chi connectivity index (χ1) is 13.2. The zero-order valence-electron chi connectivity index (χ0n) is 15.5. The molecule has 1 amide bonds. The van der Waals surface area contributed by atoms with E-state index in [-0.39, 0.29) is 5.91 Å². The van der Waals surface area contributed by atoms with E-state index in [0.29, 0.717) is 0 Å². The van der Waals surface area contributed by atoms with Gasteiger partial charge in [-0.25, -0.2) is 0 Å². The van der Waals surface area contributed by atoms with Crippen LogP contribution in [0.15, 0.2) is 60.1 Å². The van der Waals surface area contributed by atoms with E-state index in [4.69, 9.17) is 0 Å². The van der Waals surface area contributed by atoms with E-state index >= 15 is 0 Å². The Morgan fingerprint density at radius 1 is 1.04 bits per heavy atom. The summed E-state index contributed by atoms with van der Waals surface area (Å²) in [5.74, 6) is 0.151. The van der Waals surface area contributed by atoms with Crippen LogP contribution in [0.4, 0.5) is 0 Å². The maximum atomic E-state index is 13.1. The lowest BCUT2D eigenvalue weighted by Gasteiger charge is -2.34. The molecule has 0 unspecified atom stereocenters. The van der Waals surface area contributed by atoms with Gasteiger partial charge >= 0.3 is 0 Å². The van der Waals surface area contributed by atoms with Gasteiger partial charge in [0, 0.05) is 44.5 Å². The van der Waals surface area contributed by atoms with Crippen LogP contribution < -0.4 is 0 Å². The van der Waals surface area contributed by atoms with Crippen molar-refractivity contribution >= 4 is 17.2 Å². The summed E-state index contributed by atoms with van der Waals surface area (Å²) in [7, 11) is 0. The molecule has 0 saturated carbocycles. The summed E-state index contributed by atoms with van der Waals surface area (Å²) in [4.78, 5) is 22.7. The number of hydrogen-bond acceptors (Lipinski definition) is 4. The number of carbonyl (C=O) groups excluding carboxylic acids is 1. The first-order valence-electron chi connectivity index (χ1n) is 9.27. The second kappa shape index (κ2) is 8.03. The van der Waals surface area contributed by atoms with Gasteiger partial charge in [-0.15, -0.1) is 11.3 Å². The van der Waals surface area contributed by atoms with Crippen molar-refractivity contribution in [3.63, 3.8) is 0 Å². The van der Waals surface area contributed by atoms with E-state index in [1.807, 2.05) is 28.6 Å². The largest absolute Gasteiger partial charge is 0.335 e. The molecular formula is C22H23N3OS. The highest BCUT2D eigenvalue weighted by Gasteiger charge is 2.25. The molecule has 0 spiro atoms. The Morgan fingerprint density at radius 2 is 1.81 bits per heavy atom. The van der Waals surface area contributed by atoms with Gasteiger partial charge in [0.25, 0.3) is 5.91 Å². The Balaban J connectivity index is 1.42. The lowest BCUT2D eigenvalue weighted by atomic mass is 10.0. The van der Waals surface area contributed by atoms with Crippen LogP contribution in [0.5, 0.6) is 0 Å². The summed E-state index contributed by atoms with van der Waals surface area (Å²) in [6.45, 7) is 6.21. The molecule has 0 N–H and O–H groups in total. The number of rotatable bonds is 4. The molecule has 0 aliphatic carbocycles. The molecule has 1 aliphatic heterocycles. The fourth-order valence-corrected chi connectivity index (χ4v) is 4.29. The van der Waals surface area contributed by atoms with Gasteiger partial charge in [0.15, 0.2) is 0 Å². The van der Waals surface area contributed by atoms with Crippen molar-refractivity contribution in [2.45, 2.75) is 13.5 Å². The SMILES string of the molecule is Cc1ccc(-c2ccsc2C(=O)N2CCN(Cc3ccccn3)CC2)cc1. The molecule has 27 heavy (non-hydrogen) atoms. The highest BCUT2D eigenvalue weighted by molar-refractivity contribution is 7.12. The molecule has 1 aliphatic rings. The summed E-state index contributed by atoms with van der Waals surface area (Å²) >= 11 is 1.54. The number of piperazine rings is 1. The highest BCUT2D eigenvalue weighted by atomic mass is 32.1. The van der Waals surface area contributed by atoms with Crippen LogP contribution in [0, 0.1) is 6.92 Å². The van der Waals surface area contributed by atoms with Crippen molar-refractivity contribution in [3.8, 4) is 11.1 Å². The standard InChI is InChI=1S/C22H23N3OS/c1-17-5-7-18(8-6-17)20-9-15-27-21(20)22(26)25-13-11-24(12-14-25)16-19-4-2-3-10-23-19/h2-10,15H,11-14,16H2,1H3. The van der Waals surface area contributed by atoms with Crippen molar-refractivity contribution in [1.82, 2.24) is 14.8 Å². The number of nitrogens with zero attached hydrogens (tertiary/aromatic N) is 3. The van der Waals surface area contributed by atoms with Gasteiger partial charge in [-0.1, -0.05) is 35.9 Å². The Hall–Kier alpha value is -2.50. The van der Waals surface area contributed by atoms with Gasteiger partial charge in [-0.3, -0.25) is 14.7 Å². The normalized spacial score (nSPS) is 15.1. The molecule has 3 aromatic rings. The van der Waals surface area contributed by atoms with Crippen molar-refractivity contribution in [1.29, 1.82) is 0 Å². The molecule has 1 aromatic carbocycles. The predicted octanol–water partition coefficient (Wildman–Crippen LogP) is 4.08. The minimum atomic E-state index is 0.151. The third kappa shape index (κ3) is 4.10. The number of aryl methyl sites for hydroxylation is 1. The lowest BCUT2D eigenvalue weighted by Crippen LogP contribution is -2.48. The average molecular weight is 378 g/mol. The van der Waals surface area contributed by atoms with E-state index in [0.717, 1.165) is 54.4 Å². The maximum Gasteiger partial charge on any atom is 0.264 e. The van der Waals surface area contributed by atoms with E-state index in [1.165, 1.54) is 16.9 Å². The van der Waals surface area contributed by atoms with Crippen LogP contribution >= 0.6 is 11.3 Å². The van der Waals surface area contributed by atoms with E-state index in [9.17, 15) is 4.79 Å². The van der Waals surface area contributed by atoms with Gasteiger partial charge in [0.05, 0.1) is 10.6 Å². The number of amides is 1. The monoisotopic (exact) mass is 377 g/mol. The van der Waals surface area contributed by atoms with Gasteiger partial charge in [0.2, 0.25) is 0 Å². The quantitative estimate of drug-likeness (QED) is 0.687. The summed E-state index contributed by atoms with van der Waals surface area (Å²) < 4.78 is 0. The zero-order valence-corrected chi connectivity index (χ0v) is 16.3. The zero-order chi connectivity index (χ0) is 18.6. The molecule has 2 aromatic heterocycles. The molecule has 4 nitrogen and oxygen atoms in total. The molecule has 1 fully saturated rings. The third-order valence-corrected chi connectivity index (χ3v) is 5.90. The van der Waals surface area contributed by atoms with Crippen LogP contribution in [-0.2, 0) is 6.54 Å². The summed E-state index contributed by atoms with van der Waals surface area (Å²) in [6, 6.07) is 16.4. The van der Waals surface area contributed by atoms with Crippen molar-refractivity contribution in [2.75, 3.05) is 26.2 Å². The van der Waals surface area contributed by atoms with E-state index < -0.39 is 0 Å². The highest BCUT2D eigenvalue weighted by Crippen LogP contribution is 2.30. The smallest absolute Gasteiger partial charge is 0.264 e. The van der Waals surface area contributed by atoms with Crippen LogP contribution in [0.2, 0.25) is 0 Å². The minimum Gasteiger partial charge on any atom is -0.335 e. The molecule has 1 saturated heterocycles. The summed E-state index contributed by atoms with van der Waals surface area (Å²) in [5.41, 5.74) is 4.46. The molecule has 4 rings (SSSR count). The van der Waals surface area contributed by atoms with Crippen LogP contribution in [-0.4, -0.2) is 46.9 Å². The molecule has 3 heterocycles. The minimum absolute atomic E-state index is 0.151.